The first-order chi connectivity index (χ1) is 13.2. The molecule has 4 rings (SSSR count). The quantitative estimate of drug-likeness (QED) is 0.687. The number of amides is 1. The third-order valence-electron chi connectivity index (χ3n) is 4.63. The minimum Gasteiger partial charge on any atom is -0.450 e. The maximum atomic E-state index is 12.0. The number of thiophene rings is 1. The third-order valence-corrected chi connectivity index (χ3v) is 5.58. The van der Waals surface area contributed by atoms with E-state index in [2.05, 4.69) is 17.9 Å². The average molecular weight is 382 g/mol. The molecule has 0 bridgehead atoms. The number of rotatable bonds is 3. The Kier molecular flexibility index (Phi) is 4.94. The van der Waals surface area contributed by atoms with Crippen molar-refractivity contribution in [1.82, 2.24) is 14.9 Å². The Labute approximate surface area is 162 Å². The van der Waals surface area contributed by atoms with Gasteiger partial charge in [-0.25, -0.2) is 14.8 Å². The van der Waals surface area contributed by atoms with Crippen LogP contribution in [0.2, 0.25) is 0 Å². The first-order valence-electron chi connectivity index (χ1n) is 9.16. The minimum atomic E-state index is -0.235. The minimum absolute atomic E-state index is 0.235. The zero-order valence-electron chi connectivity index (χ0n) is 15.5. The molecule has 27 heavy (non-hydrogen) atoms. The Bertz CT molecular complexity index is 949. The van der Waals surface area contributed by atoms with Crippen LogP contribution in [-0.4, -0.2) is 53.7 Å². The van der Waals surface area contributed by atoms with Gasteiger partial charge in [0.05, 0.1) is 12.0 Å². The highest BCUT2D eigenvalue weighted by molar-refractivity contribution is 7.18. The molecule has 0 atom stereocenters. The van der Waals surface area contributed by atoms with Crippen LogP contribution < -0.4 is 4.90 Å². The average Bonchev–Trinajstić information content (AvgIpc) is 3.08. The normalized spacial score (nSPS) is 14.6. The number of nitrogens with zero attached hydrogens (tertiary/aromatic N) is 4. The summed E-state index contributed by atoms with van der Waals surface area (Å²) in [6.45, 7) is 7.05. The van der Waals surface area contributed by atoms with Crippen LogP contribution in [0.3, 0.4) is 0 Å². The van der Waals surface area contributed by atoms with Gasteiger partial charge in [-0.3, -0.25) is 0 Å². The largest absolute Gasteiger partial charge is 0.450 e. The molecule has 0 radical (unpaired) electrons. The van der Waals surface area contributed by atoms with Crippen LogP contribution in [-0.2, 0) is 4.74 Å². The molecular weight excluding hydrogens is 360 g/mol. The standard InChI is InChI=1S/C20H22N4O2S/c1-3-26-20(25)24-11-9-23(10-12-24)18-16-13-14(2)27-19(16)22-17(21-18)15-7-5-4-6-8-15/h4-8,13H,3,9-12H2,1-2H3. The smallest absolute Gasteiger partial charge is 0.409 e. The summed E-state index contributed by atoms with van der Waals surface area (Å²) in [5, 5.41) is 1.08. The van der Waals surface area contributed by atoms with Crippen molar-refractivity contribution in [3.63, 3.8) is 0 Å². The molecular formula is C20H22N4O2S. The van der Waals surface area contributed by atoms with Gasteiger partial charge in [-0.15, -0.1) is 11.3 Å². The molecule has 3 aromatic rings. The maximum absolute atomic E-state index is 12.0. The van der Waals surface area contributed by atoms with Crippen molar-refractivity contribution in [2.75, 3.05) is 37.7 Å². The molecule has 3 heterocycles. The molecule has 0 spiro atoms. The van der Waals surface area contributed by atoms with E-state index in [1.807, 2.05) is 37.3 Å². The van der Waals surface area contributed by atoms with E-state index >= 15 is 0 Å². The molecule has 1 amide bonds. The molecule has 2 aromatic heterocycles. The molecule has 1 aliphatic heterocycles. The molecule has 1 aromatic carbocycles. The molecule has 0 N–H and O–H groups in total. The van der Waals surface area contributed by atoms with Gasteiger partial charge in [0.2, 0.25) is 0 Å². The highest BCUT2D eigenvalue weighted by Gasteiger charge is 2.25. The number of aromatic nitrogens is 2. The van der Waals surface area contributed by atoms with Crippen LogP contribution in [0.5, 0.6) is 0 Å². The number of fused-ring (bicyclic) bond motifs is 1. The van der Waals surface area contributed by atoms with Gasteiger partial charge in [-0.05, 0) is 19.9 Å². The van der Waals surface area contributed by atoms with Gasteiger partial charge in [0.15, 0.2) is 5.82 Å². The van der Waals surface area contributed by atoms with E-state index in [0.29, 0.717) is 19.7 Å². The van der Waals surface area contributed by atoms with E-state index in [1.165, 1.54) is 4.88 Å². The number of hydrogen-bond donors (Lipinski definition) is 0. The fraction of sp³-hybridized carbons (Fsp3) is 0.350. The van der Waals surface area contributed by atoms with Crippen molar-refractivity contribution in [3.8, 4) is 11.4 Å². The summed E-state index contributed by atoms with van der Waals surface area (Å²) in [7, 11) is 0. The zero-order chi connectivity index (χ0) is 18.8. The zero-order valence-corrected chi connectivity index (χ0v) is 16.3. The first kappa shape index (κ1) is 17.7. The Hall–Kier alpha value is -2.67. The molecule has 0 unspecified atom stereocenters. The van der Waals surface area contributed by atoms with Gasteiger partial charge in [0.1, 0.15) is 10.6 Å². The summed E-state index contributed by atoms with van der Waals surface area (Å²) in [5.74, 6) is 1.69. The fourth-order valence-corrected chi connectivity index (χ4v) is 4.17. The topological polar surface area (TPSA) is 58.6 Å². The maximum Gasteiger partial charge on any atom is 0.409 e. The lowest BCUT2D eigenvalue weighted by molar-refractivity contribution is 0.105. The van der Waals surface area contributed by atoms with Crippen molar-refractivity contribution in [2.45, 2.75) is 13.8 Å². The van der Waals surface area contributed by atoms with Gasteiger partial charge >= 0.3 is 6.09 Å². The van der Waals surface area contributed by atoms with E-state index in [-0.39, 0.29) is 6.09 Å². The number of anilines is 1. The van der Waals surface area contributed by atoms with Crippen molar-refractivity contribution >= 4 is 33.5 Å². The Balaban J connectivity index is 1.66. The molecule has 1 fully saturated rings. The Morgan fingerprint density at radius 3 is 2.59 bits per heavy atom. The number of carbonyl (C=O) groups is 1. The van der Waals surface area contributed by atoms with Crippen molar-refractivity contribution in [1.29, 1.82) is 0 Å². The van der Waals surface area contributed by atoms with E-state index in [1.54, 1.807) is 16.2 Å². The number of piperazine rings is 1. The van der Waals surface area contributed by atoms with E-state index in [9.17, 15) is 4.79 Å². The second-order valence-corrected chi connectivity index (χ2v) is 7.72. The molecule has 1 saturated heterocycles. The lowest BCUT2D eigenvalue weighted by Gasteiger charge is -2.35. The lowest BCUT2D eigenvalue weighted by atomic mass is 10.2. The predicted octanol–water partition coefficient (Wildman–Crippen LogP) is 3.95. The molecule has 140 valence electrons. The van der Waals surface area contributed by atoms with E-state index in [4.69, 9.17) is 14.7 Å². The summed E-state index contributed by atoms with van der Waals surface area (Å²) < 4.78 is 5.12. The van der Waals surface area contributed by atoms with Crippen LogP contribution in [0, 0.1) is 6.92 Å². The van der Waals surface area contributed by atoms with Crippen molar-refractivity contribution in [3.05, 3.63) is 41.3 Å². The number of hydrogen-bond acceptors (Lipinski definition) is 6. The Morgan fingerprint density at radius 1 is 1.15 bits per heavy atom. The molecule has 1 aliphatic rings. The molecule has 7 heteroatoms. The second kappa shape index (κ2) is 7.52. The summed E-state index contributed by atoms with van der Waals surface area (Å²) in [4.78, 5) is 27.9. The SMILES string of the molecule is CCOC(=O)N1CCN(c2nc(-c3ccccc3)nc3sc(C)cc23)CC1. The van der Waals surface area contributed by atoms with Crippen LogP contribution in [0.15, 0.2) is 36.4 Å². The van der Waals surface area contributed by atoms with E-state index in [0.717, 1.165) is 40.5 Å². The second-order valence-electron chi connectivity index (χ2n) is 6.49. The number of benzene rings is 1. The summed E-state index contributed by atoms with van der Waals surface area (Å²) in [6.07, 6.45) is -0.235. The van der Waals surface area contributed by atoms with Gasteiger partial charge in [-0.1, -0.05) is 30.3 Å². The molecule has 0 saturated carbocycles. The van der Waals surface area contributed by atoms with Crippen molar-refractivity contribution < 1.29 is 9.53 Å². The highest BCUT2D eigenvalue weighted by Crippen LogP contribution is 2.33. The predicted molar refractivity (Wildman–Crippen MR) is 108 cm³/mol. The third kappa shape index (κ3) is 3.60. The summed E-state index contributed by atoms with van der Waals surface area (Å²) in [6, 6.07) is 12.2. The van der Waals surface area contributed by atoms with Gasteiger partial charge in [0.25, 0.3) is 0 Å². The highest BCUT2D eigenvalue weighted by atomic mass is 32.1. The van der Waals surface area contributed by atoms with Gasteiger partial charge in [-0.2, -0.15) is 0 Å². The Morgan fingerprint density at radius 2 is 1.89 bits per heavy atom. The van der Waals surface area contributed by atoms with Crippen LogP contribution in [0.25, 0.3) is 21.6 Å². The summed E-state index contributed by atoms with van der Waals surface area (Å²) in [5.41, 5.74) is 1.01. The summed E-state index contributed by atoms with van der Waals surface area (Å²) >= 11 is 1.69. The number of carbonyl (C=O) groups excluding carboxylic acids is 1. The van der Waals surface area contributed by atoms with Gasteiger partial charge < -0.3 is 14.5 Å². The molecule has 0 aliphatic carbocycles. The number of aryl methyl sites for hydroxylation is 1. The van der Waals surface area contributed by atoms with Gasteiger partial charge in [0, 0.05) is 36.6 Å². The monoisotopic (exact) mass is 382 g/mol. The van der Waals surface area contributed by atoms with E-state index < -0.39 is 0 Å². The van der Waals surface area contributed by atoms with Crippen molar-refractivity contribution in [2.24, 2.45) is 0 Å². The van der Waals surface area contributed by atoms with Crippen LogP contribution in [0.4, 0.5) is 10.6 Å². The molecule has 6 nitrogen and oxygen atoms in total. The van der Waals surface area contributed by atoms with Crippen LogP contribution >= 0.6 is 11.3 Å². The fourth-order valence-electron chi connectivity index (χ4n) is 3.30. The lowest BCUT2D eigenvalue weighted by Crippen LogP contribution is -2.49. The first-order valence-corrected chi connectivity index (χ1v) is 9.97. The number of ether oxygens (including phenoxy) is 1. The van der Waals surface area contributed by atoms with Crippen LogP contribution in [0.1, 0.15) is 11.8 Å².